The third-order valence-electron chi connectivity index (χ3n) is 5.02. The number of hydrogen-bond acceptors (Lipinski definition) is 4. The number of nitrogens with zero attached hydrogens (tertiary/aromatic N) is 2. The van der Waals surface area contributed by atoms with Gasteiger partial charge in [-0.25, -0.2) is 0 Å². The molecule has 0 spiro atoms. The molecule has 124 valence electrons. The first-order valence-electron chi connectivity index (χ1n) is 8.45. The van der Waals surface area contributed by atoms with Crippen LogP contribution in [0.3, 0.4) is 0 Å². The molecule has 2 aliphatic heterocycles. The Morgan fingerprint density at radius 1 is 0.739 bits per heavy atom. The average Bonchev–Trinajstić information content (AvgIpc) is 2.73. The zero-order chi connectivity index (χ0) is 16.4. The Morgan fingerprint density at radius 2 is 1.35 bits per heavy atom. The monoisotopic (exact) mass is 318 g/mol. The highest BCUT2D eigenvalue weighted by atomic mass is 16.2. The molecule has 0 aromatic heterocycles. The number of imide groups is 2. The van der Waals surface area contributed by atoms with Crippen LogP contribution in [-0.2, 0) is 19.2 Å². The van der Waals surface area contributed by atoms with E-state index >= 15 is 0 Å². The number of carbonyl (C=O) groups excluding carboxylic acids is 4. The Kier molecular flexibility index (Phi) is 4.59. The van der Waals surface area contributed by atoms with Gasteiger partial charge in [-0.3, -0.25) is 29.0 Å². The number of likely N-dealkylation sites (tertiary alicyclic amines) is 1. The highest BCUT2D eigenvalue weighted by molar-refractivity contribution is 6.04. The van der Waals surface area contributed by atoms with E-state index in [0.29, 0.717) is 32.1 Å². The number of carbonyl (C=O) groups is 4. The van der Waals surface area contributed by atoms with Crippen molar-refractivity contribution in [1.82, 2.24) is 9.80 Å². The second kappa shape index (κ2) is 6.64. The normalized spacial score (nSPS) is 29.9. The molecule has 0 N–H and O–H groups in total. The highest BCUT2D eigenvalue weighted by Crippen LogP contribution is 2.29. The van der Waals surface area contributed by atoms with Crippen molar-refractivity contribution in [2.75, 3.05) is 0 Å². The summed E-state index contributed by atoms with van der Waals surface area (Å²) < 4.78 is 0. The standard InChI is InChI=1S/C17H22N2O4/c20-14-6-2-7-15(21)18(14)12-4-1-5-13(11-10-12)19-16(22)8-3-9-17(19)23/h2,6,12-13H,1,3-5,7-11H2. The Bertz CT molecular complexity index is 553. The fourth-order valence-electron chi connectivity index (χ4n) is 3.90. The third-order valence-corrected chi connectivity index (χ3v) is 5.02. The maximum absolute atomic E-state index is 12.1. The molecule has 2 fully saturated rings. The van der Waals surface area contributed by atoms with E-state index in [0.717, 1.165) is 19.3 Å². The first-order chi connectivity index (χ1) is 11.1. The maximum Gasteiger partial charge on any atom is 0.253 e. The van der Waals surface area contributed by atoms with E-state index in [1.807, 2.05) is 0 Å². The zero-order valence-electron chi connectivity index (χ0n) is 13.2. The van der Waals surface area contributed by atoms with Gasteiger partial charge in [0.05, 0.1) is 0 Å². The zero-order valence-corrected chi connectivity index (χ0v) is 13.2. The smallest absolute Gasteiger partial charge is 0.253 e. The first kappa shape index (κ1) is 15.9. The number of amides is 4. The molecule has 1 aliphatic carbocycles. The van der Waals surface area contributed by atoms with E-state index in [1.165, 1.54) is 15.9 Å². The predicted octanol–water partition coefficient (Wildman–Crippen LogP) is 1.54. The summed E-state index contributed by atoms with van der Waals surface area (Å²) in [6.07, 6.45) is 8.52. The summed E-state index contributed by atoms with van der Waals surface area (Å²) in [5.74, 6) is -0.531. The summed E-state index contributed by atoms with van der Waals surface area (Å²) in [6, 6.07) is -0.189. The minimum absolute atomic E-state index is 0.0715. The van der Waals surface area contributed by atoms with Crippen molar-refractivity contribution in [2.24, 2.45) is 0 Å². The van der Waals surface area contributed by atoms with Crippen LogP contribution in [0.15, 0.2) is 12.2 Å². The Morgan fingerprint density at radius 3 is 1.96 bits per heavy atom. The van der Waals surface area contributed by atoms with E-state index < -0.39 is 0 Å². The average molecular weight is 318 g/mol. The first-order valence-corrected chi connectivity index (χ1v) is 8.45. The molecule has 6 heteroatoms. The van der Waals surface area contributed by atoms with Gasteiger partial charge in [-0.15, -0.1) is 0 Å². The molecule has 6 nitrogen and oxygen atoms in total. The molecule has 2 atom stereocenters. The summed E-state index contributed by atoms with van der Waals surface area (Å²) in [7, 11) is 0. The van der Waals surface area contributed by atoms with Crippen molar-refractivity contribution in [3.05, 3.63) is 12.2 Å². The SMILES string of the molecule is O=C1C=CCC(=O)N1C1CCCC(N2C(=O)CCCC2=O)CC1. The van der Waals surface area contributed by atoms with Crippen LogP contribution >= 0.6 is 0 Å². The van der Waals surface area contributed by atoms with Crippen molar-refractivity contribution in [1.29, 1.82) is 0 Å². The van der Waals surface area contributed by atoms with E-state index in [9.17, 15) is 19.2 Å². The summed E-state index contributed by atoms with van der Waals surface area (Å²) in [4.78, 5) is 51.0. The van der Waals surface area contributed by atoms with Gasteiger partial charge in [0.25, 0.3) is 5.91 Å². The molecule has 3 rings (SSSR count). The van der Waals surface area contributed by atoms with Crippen LogP contribution in [0.4, 0.5) is 0 Å². The van der Waals surface area contributed by atoms with Gasteiger partial charge in [-0.05, 0) is 38.5 Å². The summed E-state index contributed by atoms with van der Waals surface area (Å²) in [5, 5.41) is 0. The molecule has 0 aromatic rings. The molecule has 2 unspecified atom stereocenters. The van der Waals surface area contributed by atoms with Crippen molar-refractivity contribution < 1.29 is 19.2 Å². The molecule has 23 heavy (non-hydrogen) atoms. The van der Waals surface area contributed by atoms with Crippen LogP contribution in [0.25, 0.3) is 0 Å². The van der Waals surface area contributed by atoms with Crippen molar-refractivity contribution in [3.8, 4) is 0 Å². The van der Waals surface area contributed by atoms with Crippen LogP contribution in [0.5, 0.6) is 0 Å². The number of piperidine rings is 1. The topological polar surface area (TPSA) is 74.8 Å². The van der Waals surface area contributed by atoms with Gasteiger partial charge >= 0.3 is 0 Å². The van der Waals surface area contributed by atoms with E-state index in [4.69, 9.17) is 0 Å². The van der Waals surface area contributed by atoms with Crippen LogP contribution in [0.2, 0.25) is 0 Å². The van der Waals surface area contributed by atoms with Crippen molar-refractivity contribution in [2.45, 2.75) is 69.9 Å². The molecule has 1 saturated carbocycles. The quantitative estimate of drug-likeness (QED) is 0.572. The molecule has 4 amide bonds. The van der Waals surface area contributed by atoms with Crippen LogP contribution in [-0.4, -0.2) is 45.5 Å². The van der Waals surface area contributed by atoms with Gasteiger partial charge in [0.2, 0.25) is 17.7 Å². The molecular formula is C17H22N2O4. The minimum atomic E-state index is -0.241. The van der Waals surface area contributed by atoms with Crippen molar-refractivity contribution >= 4 is 23.6 Å². The lowest BCUT2D eigenvalue weighted by Gasteiger charge is -2.33. The molecule has 0 aromatic carbocycles. The second-order valence-electron chi connectivity index (χ2n) is 6.54. The van der Waals surface area contributed by atoms with E-state index in [2.05, 4.69) is 0 Å². The largest absolute Gasteiger partial charge is 0.280 e. The molecule has 0 bridgehead atoms. The lowest BCUT2D eigenvalue weighted by Crippen LogP contribution is -2.47. The fraction of sp³-hybridized carbons (Fsp3) is 0.647. The lowest BCUT2D eigenvalue weighted by molar-refractivity contribution is -0.152. The summed E-state index contributed by atoms with van der Waals surface area (Å²) in [6.45, 7) is 0. The van der Waals surface area contributed by atoms with Gasteiger partial charge in [-0.2, -0.15) is 0 Å². The van der Waals surface area contributed by atoms with Crippen molar-refractivity contribution in [3.63, 3.8) is 0 Å². The molecule has 3 aliphatic rings. The molecular weight excluding hydrogens is 296 g/mol. The fourth-order valence-corrected chi connectivity index (χ4v) is 3.90. The predicted molar refractivity (Wildman–Crippen MR) is 82.0 cm³/mol. The third kappa shape index (κ3) is 3.21. The second-order valence-corrected chi connectivity index (χ2v) is 6.54. The Hall–Kier alpha value is -1.98. The number of rotatable bonds is 2. The van der Waals surface area contributed by atoms with Gasteiger partial charge in [0.15, 0.2) is 0 Å². The van der Waals surface area contributed by atoms with Gasteiger partial charge in [0.1, 0.15) is 0 Å². The molecule has 2 heterocycles. The summed E-state index contributed by atoms with van der Waals surface area (Å²) >= 11 is 0. The molecule has 0 radical (unpaired) electrons. The van der Waals surface area contributed by atoms with Gasteiger partial charge in [0, 0.05) is 37.4 Å². The molecule has 1 saturated heterocycles. The van der Waals surface area contributed by atoms with Crippen LogP contribution in [0.1, 0.15) is 57.8 Å². The Labute approximate surface area is 135 Å². The summed E-state index contributed by atoms with van der Waals surface area (Å²) in [5.41, 5.74) is 0. The lowest BCUT2D eigenvalue weighted by atomic mass is 10.0. The number of hydrogen-bond donors (Lipinski definition) is 0. The van der Waals surface area contributed by atoms with Crippen LogP contribution < -0.4 is 0 Å². The van der Waals surface area contributed by atoms with Crippen LogP contribution in [0, 0.1) is 0 Å². The van der Waals surface area contributed by atoms with Gasteiger partial charge < -0.3 is 0 Å². The Balaban J connectivity index is 1.68. The van der Waals surface area contributed by atoms with E-state index in [1.54, 1.807) is 6.08 Å². The minimum Gasteiger partial charge on any atom is -0.280 e. The highest BCUT2D eigenvalue weighted by Gasteiger charge is 2.36. The van der Waals surface area contributed by atoms with E-state index in [-0.39, 0.29) is 42.1 Å². The maximum atomic E-state index is 12.1. The van der Waals surface area contributed by atoms with Gasteiger partial charge in [-0.1, -0.05) is 6.08 Å².